The number of carbonyl (C=O) groups excluding carboxylic acids is 1. The number of carbonyl (C=O) groups is 1. The number of hydrogen-bond acceptors (Lipinski definition) is 6. The van der Waals surface area contributed by atoms with Crippen molar-refractivity contribution in [1.29, 1.82) is 0 Å². The maximum atomic E-state index is 13.1. The van der Waals surface area contributed by atoms with Crippen LogP contribution in [0, 0.1) is 17.8 Å². The minimum absolute atomic E-state index is 0.0964. The van der Waals surface area contributed by atoms with Gasteiger partial charge in [0.1, 0.15) is 5.75 Å². The molecule has 1 saturated carbocycles. The van der Waals surface area contributed by atoms with Gasteiger partial charge in [0.05, 0.1) is 24.2 Å². The Hall–Kier alpha value is -2.55. The number of allylic oxidation sites excluding steroid dienone is 1. The zero-order valence-corrected chi connectivity index (χ0v) is 23.7. The first kappa shape index (κ1) is 26.7. The molecular weight excluding hydrogens is 536 g/mol. The molecule has 0 saturated heterocycles. The number of hydrogen-bond donors (Lipinski definition) is 2. The summed E-state index contributed by atoms with van der Waals surface area (Å²) in [5, 5.41) is 11.7. The highest BCUT2D eigenvalue weighted by molar-refractivity contribution is 7.90. The van der Waals surface area contributed by atoms with Gasteiger partial charge in [0.2, 0.25) is 10.0 Å². The fourth-order valence-electron chi connectivity index (χ4n) is 6.90. The summed E-state index contributed by atoms with van der Waals surface area (Å²) in [4.78, 5) is 15.4. The topological polar surface area (TPSA) is 95.9 Å². The molecule has 5 atom stereocenters. The summed E-state index contributed by atoms with van der Waals surface area (Å²) in [6, 6.07) is 11.3. The van der Waals surface area contributed by atoms with Crippen LogP contribution in [-0.4, -0.2) is 51.0 Å². The first-order valence-corrected chi connectivity index (χ1v) is 15.9. The summed E-state index contributed by atoms with van der Waals surface area (Å²) in [5.41, 5.74) is 3.33. The number of benzene rings is 2. The van der Waals surface area contributed by atoms with Crippen LogP contribution < -0.4 is 14.4 Å². The van der Waals surface area contributed by atoms with Gasteiger partial charge in [-0.2, -0.15) is 0 Å². The number of nitrogens with one attached hydrogen (secondary N) is 1. The Morgan fingerprint density at radius 3 is 2.79 bits per heavy atom. The van der Waals surface area contributed by atoms with E-state index in [2.05, 4.69) is 21.8 Å². The molecule has 2 aromatic rings. The van der Waals surface area contributed by atoms with Crippen LogP contribution in [0.2, 0.25) is 5.02 Å². The Kier molecular flexibility index (Phi) is 6.92. The highest BCUT2D eigenvalue weighted by atomic mass is 35.5. The van der Waals surface area contributed by atoms with E-state index >= 15 is 0 Å². The smallest absolute Gasteiger partial charge is 0.264 e. The first-order chi connectivity index (χ1) is 18.6. The molecule has 4 aliphatic rings. The van der Waals surface area contributed by atoms with E-state index in [9.17, 15) is 18.3 Å². The lowest BCUT2D eigenvalue weighted by atomic mass is 9.68. The van der Waals surface area contributed by atoms with Crippen LogP contribution in [0.25, 0.3) is 0 Å². The molecule has 2 aliphatic carbocycles. The third-order valence-corrected chi connectivity index (χ3v) is 10.7. The predicted octanol–water partition coefficient (Wildman–Crippen LogP) is 4.47. The maximum absolute atomic E-state index is 13.1. The largest absolute Gasteiger partial charge is 0.490 e. The van der Waals surface area contributed by atoms with Gasteiger partial charge in [-0.1, -0.05) is 36.7 Å². The zero-order valence-electron chi connectivity index (χ0n) is 22.1. The molecule has 0 unspecified atom stereocenters. The number of aliphatic hydroxyl groups excluding tert-OH is 1. The van der Waals surface area contributed by atoms with Crippen LogP contribution >= 0.6 is 11.6 Å². The van der Waals surface area contributed by atoms with E-state index in [1.165, 1.54) is 11.1 Å². The Morgan fingerprint density at radius 2 is 2.00 bits per heavy atom. The number of sulfonamides is 1. The van der Waals surface area contributed by atoms with Crippen LogP contribution in [-0.2, 0) is 21.9 Å². The SMILES string of the molecule is C[C@H]1/C=C\[C@H](O)[C@@H]2CC[C@H]2CN2C[C@@]3(CCCc4cc(Cl)ccc43)COc3ccc(cc32)C(=O)NS(=O)(=O)C1. The van der Waals surface area contributed by atoms with Gasteiger partial charge in [0, 0.05) is 29.1 Å². The fourth-order valence-corrected chi connectivity index (χ4v) is 8.38. The van der Waals surface area contributed by atoms with E-state index in [1.54, 1.807) is 37.3 Å². The summed E-state index contributed by atoms with van der Waals surface area (Å²) in [6.07, 6.45) is 7.74. The lowest BCUT2D eigenvalue weighted by molar-refractivity contribution is 0.0455. The quantitative estimate of drug-likeness (QED) is 0.454. The molecule has 39 heavy (non-hydrogen) atoms. The monoisotopic (exact) mass is 570 g/mol. The third kappa shape index (κ3) is 5.19. The highest BCUT2D eigenvalue weighted by Crippen LogP contribution is 2.46. The lowest BCUT2D eigenvalue weighted by Gasteiger charge is -2.45. The molecule has 2 aliphatic heterocycles. The summed E-state index contributed by atoms with van der Waals surface area (Å²) in [5.74, 6) is -0.186. The number of anilines is 1. The van der Waals surface area contributed by atoms with Gasteiger partial charge in [0.15, 0.2) is 0 Å². The van der Waals surface area contributed by atoms with Crippen molar-refractivity contribution in [3.05, 3.63) is 70.3 Å². The van der Waals surface area contributed by atoms with Gasteiger partial charge in [-0.25, -0.2) is 13.1 Å². The van der Waals surface area contributed by atoms with Gasteiger partial charge < -0.3 is 14.7 Å². The van der Waals surface area contributed by atoms with Crippen molar-refractivity contribution in [1.82, 2.24) is 4.72 Å². The first-order valence-electron chi connectivity index (χ1n) is 13.8. The van der Waals surface area contributed by atoms with Crippen molar-refractivity contribution >= 4 is 33.2 Å². The summed E-state index contributed by atoms with van der Waals surface area (Å²) in [6.45, 7) is 3.69. The van der Waals surface area contributed by atoms with E-state index in [0.29, 0.717) is 18.9 Å². The average molecular weight is 571 g/mol. The van der Waals surface area contributed by atoms with Crippen LogP contribution in [0.3, 0.4) is 0 Å². The molecule has 2 bridgehead atoms. The molecule has 2 heterocycles. The standard InChI is InChI=1S/C30H35ClN2O5S/c1-19-4-10-27(34)24-8-5-22(24)15-33-17-30(12-2-3-20-13-23(31)7-9-25(20)30)18-38-28-11-6-21(14-26(28)33)29(35)32-39(36,37)16-19/h4,6-7,9-11,13-14,19,22,24,27,34H,2-3,5,8,12,15-18H2,1H3,(H,32,35)/b10-4-/t19-,22-,24+,27-,30-/m0/s1. The van der Waals surface area contributed by atoms with Gasteiger partial charge in [-0.3, -0.25) is 4.79 Å². The van der Waals surface area contributed by atoms with Crippen molar-refractivity contribution < 1.29 is 23.1 Å². The van der Waals surface area contributed by atoms with E-state index in [1.807, 2.05) is 6.07 Å². The molecule has 2 aromatic carbocycles. The Labute approximate surface area is 235 Å². The van der Waals surface area contributed by atoms with Gasteiger partial charge in [-0.15, -0.1) is 0 Å². The number of ether oxygens (including phenoxy) is 1. The average Bonchev–Trinajstić information content (AvgIpc) is 3.01. The lowest BCUT2D eigenvalue weighted by Crippen LogP contribution is -2.49. The number of aliphatic hydroxyl groups is 1. The normalized spacial score (nSPS) is 32.7. The van der Waals surface area contributed by atoms with E-state index in [-0.39, 0.29) is 34.5 Å². The number of fused-ring (bicyclic) bond motifs is 4. The number of rotatable bonds is 0. The molecule has 1 amide bonds. The molecular formula is C30H35ClN2O5S. The molecule has 0 radical (unpaired) electrons. The second-order valence-corrected chi connectivity index (χ2v) is 14.1. The second-order valence-electron chi connectivity index (χ2n) is 11.9. The molecule has 6 rings (SSSR count). The summed E-state index contributed by atoms with van der Waals surface area (Å²) in [7, 11) is -3.87. The molecule has 9 heteroatoms. The Morgan fingerprint density at radius 1 is 1.15 bits per heavy atom. The molecule has 0 aromatic heterocycles. The van der Waals surface area contributed by atoms with Crippen molar-refractivity contribution in [2.75, 3.05) is 30.3 Å². The van der Waals surface area contributed by atoms with Crippen LogP contribution in [0.15, 0.2) is 48.6 Å². The highest BCUT2D eigenvalue weighted by Gasteiger charge is 2.44. The van der Waals surface area contributed by atoms with E-state index in [0.717, 1.165) is 49.4 Å². The molecule has 1 spiro atoms. The van der Waals surface area contributed by atoms with E-state index < -0.39 is 22.0 Å². The van der Waals surface area contributed by atoms with Crippen molar-refractivity contribution in [3.63, 3.8) is 0 Å². The van der Waals surface area contributed by atoms with Crippen molar-refractivity contribution in [2.24, 2.45) is 17.8 Å². The third-order valence-electron chi connectivity index (χ3n) is 9.04. The summed E-state index contributed by atoms with van der Waals surface area (Å²) >= 11 is 6.36. The number of amides is 1. The molecule has 208 valence electrons. The Balaban J connectivity index is 1.43. The minimum Gasteiger partial charge on any atom is -0.490 e. The molecule has 2 N–H and O–H groups in total. The van der Waals surface area contributed by atoms with E-state index in [4.69, 9.17) is 16.3 Å². The maximum Gasteiger partial charge on any atom is 0.264 e. The second kappa shape index (κ2) is 10.1. The number of aryl methyl sites for hydroxylation is 1. The van der Waals surface area contributed by atoms with Crippen LogP contribution in [0.5, 0.6) is 5.75 Å². The van der Waals surface area contributed by atoms with Gasteiger partial charge in [0.25, 0.3) is 5.91 Å². The zero-order chi connectivity index (χ0) is 27.4. The van der Waals surface area contributed by atoms with Crippen molar-refractivity contribution in [3.8, 4) is 5.75 Å². The predicted molar refractivity (Wildman–Crippen MR) is 152 cm³/mol. The number of halogens is 1. The van der Waals surface area contributed by atoms with Gasteiger partial charge in [-0.05, 0) is 91.3 Å². The van der Waals surface area contributed by atoms with Crippen molar-refractivity contribution in [2.45, 2.75) is 50.5 Å². The van der Waals surface area contributed by atoms with Crippen LogP contribution in [0.4, 0.5) is 5.69 Å². The van der Waals surface area contributed by atoms with Crippen LogP contribution in [0.1, 0.15) is 54.1 Å². The summed E-state index contributed by atoms with van der Waals surface area (Å²) < 4.78 is 34.2. The number of nitrogens with zero attached hydrogens (tertiary/aromatic N) is 1. The Bertz CT molecular complexity index is 1430. The molecule has 7 nitrogen and oxygen atoms in total. The molecule has 1 fully saturated rings. The fraction of sp³-hybridized carbons (Fsp3) is 0.500. The minimum atomic E-state index is -3.87. The van der Waals surface area contributed by atoms with Gasteiger partial charge >= 0.3 is 0 Å².